The van der Waals surface area contributed by atoms with E-state index in [0.29, 0.717) is 13.2 Å². The predicted octanol–water partition coefficient (Wildman–Crippen LogP) is 2.89. The molecule has 3 amide bonds. The summed E-state index contributed by atoms with van der Waals surface area (Å²) in [5, 5.41) is 3.01. The number of rotatable bonds is 4. The monoisotopic (exact) mass is 329 g/mol. The number of benzene rings is 1. The summed E-state index contributed by atoms with van der Waals surface area (Å²) < 4.78 is 0. The van der Waals surface area contributed by atoms with Gasteiger partial charge in [0.1, 0.15) is 5.54 Å². The Balaban J connectivity index is 1.70. The molecular formula is C19H27N3O2. The number of urea groups is 1. The highest BCUT2D eigenvalue weighted by Crippen LogP contribution is 2.38. The minimum atomic E-state index is -0.668. The molecule has 1 saturated carbocycles. The summed E-state index contributed by atoms with van der Waals surface area (Å²) >= 11 is 0. The Morgan fingerprint density at radius 3 is 2.75 bits per heavy atom. The summed E-state index contributed by atoms with van der Waals surface area (Å²) in [4.78, 5) is 28.8. The smallest absolute Gasteiger partial charge is 0.323 e. The molecule has 2 atom stereocenters. The lowest BCUT2D eigenvalue weighted by molar-refractivity contribution is -0.135. The van der Waals surface area contributed by atoms with E-state index < -0.39 is 5.54 Å². The molecule has 0 unspecified atom stereocenters. The first-order valence-corrected chi connectivity index (χ1v) is 8.81. The number of nitrogens with zero attached hydrogens (tertiary/aromatic N) is 2. The number of carbonyl (C=O) groups excluding carboxylic acids is 2. The Bertz CT molecular complexity index is 645. The SMILES string of the molecule is Cc1ccccc1CN(C)CN1C(=O)N[C@]2(CCCC[C@H]2C)C1=O. The quantitative estimate of drug-likeness (QED) is 0.864. The first-order chi connectivity index (χ1) is 11.4. The first-order valence-electron chi connectivity index (χ1n) is 8.81. The first kappa shape index (κ1) is 17.0. The zero-order valence-electron chi connectivity index (χ0n) is 14.8. The van der Waals surface area contributed by atoms with Crippen LogP contribution in [0.5, 0.6) is 0 Å². The average Bonchev–Trinajstić information content (AvgIpc) is 2.78. The van der Waals surface area contributed by atoms with Gasteiger partial charge in [-0.05, 0) is 43.9 Å². The van der Waals surface area contributed by atoms with Gasteiger partial charge in [0.2, 0.25) is 0 Å². The normalized spacial score (nSPS) is 27.2. The van der Waals surface area contributed by atoms with Crippen LogP contribution in [0.4, 0.5) is 4.79 Å². The molecular weight excluding hydrogens is 302 g/mol. The second kappa shape index (κ2) is 6.55. The topological polar surface area (TPSA) is 52.6 Å². The number of carbonyl (C=O) groups is 2. The van der Waals surface area contributed by atoms with E-state index in [1.165, 1.54) is 16.0 Å². The molecule has 1 spiro atoms. The molecule has 1 heterocycles. The Labute approximate surface area is 144 Å². The number of hydrogen-bond acceptors (Lipinski definition) is 3. The van der Waals surface area contributed by atoms with Crippen LogP contribution in [0.1, 0.15) is 43.7 Å². The van der Waals surface area contributed by atoms with Crippen molar-refractivity contribution in [3.8, 4) is 0 Å². The molecule has 24 heavy (non-hydrogen) atoms. The van der Waals surface area contributed by atoms with Crippen LogP contribution < -0.4 is 5.32 Å². The minimum Gasteiger partial charge on any atom is -0.323 e. The van der Waals surface area contributed by atoms with Gasteiger partial charge in [-0.15, -0.1) is 0 Å². The van der Waals surface area contributed by atoms with Crippen LogP contribution in [-0.4, -0.2) is 41.0 Å². The molecule has 2 fully saturated rings. The van der Waals surface area contributed by atoms with E-state index in [1.807, 2.05) is 24.1 Å². The number of hydrogen-bond donors (Lipinski definition) is 1. The van der Waals surface area contributed by atoms with Crippen molar-refractivity contribution < 1.29 is 9.59 Å². The molecule has 1 aromatic rings. The fourth-order valence-corrected chi connectivity index (χ4v) is 3.99. The van der Waals surface area contributed by atoms with E-state index in [1.54, 1.807) is 0 Å². The van der Waals surface area contributed by atoms with Gasteiger partial charge in [-0.2, -0.15) is 0 Å². The lowest BCUT2D eigenvalue weighted by Crippen LogP contribution is -2.54. The van der Waals surface area contributed by atoms with Crippen molar-refractivity contribution in [3.63, 3.8) is 0 Å². The summed E-state index contributed by atoms with van der Waals surface area (Å²) in [6, 6.07) is 7.95. The van der Waals surface area contributed by atoms with Gasteiger partial charge >= 0.3 is 6.03 Å². The molecule has 1 aliphatic heterocycles. The number of nitrogens with one attached hydrogen (secondary N) is 1. The lowest BCUT2D eigenvalue weighted by Gasteiger charge is -2.37. The van der Waals surface area contributed by atoms with Crippen molar-refractivity contribution in [1.29, 1.82) is 0 Å². The maximum absolute atomic E-state index is 13.0. The fourth-order valence-electron chi connectivity index (χ4n) is 3.99. The van der Waals surface area contributed by atoms with Gasteiger partial charge in [-0.3, -0.25) is 9.69 Å². The Kier molecular flexibility index (Phi) is 4.63. The summed E-state index contributed by atoms with van der Waals surface area (Å²) in [5.74, 6) is 0.158. The lowest BCUT2D eigenvalue weighted by atomic mass is 9.73. The van der Waals surface area contributed by atoms with E-state index >= 15 is 0 Å². The molecule has 2 aliphatic rings. The summed E-state index contributed by atoms with van der Waals surface area (Å²) in [7, 11) is 1.95. The zero-order chi connectivity index (χ0) is 17.3. The van der Waals surface area contributed by atoms with Crippen molar-refractivity contribution in [3.05, 3.63) is 35.4 Å². The van der Waals surface area contributed by atoms with Gasteiger partial charge in [-0.25, -0.2) is 9.69 Å². The standard InChI is InChI=1S/C19H27N3O2/c1-14-8-4-5-10-16(14)12-21(3)13-22-17(23)19(20-18(22)24)11-7-6-9-15(19)2/h4-5,8,10,15H,6-7,9,11-13H2,1-3H3,(H,20,24)/t15-,19+/m1/s1. The summed E-state index contributed by atoms with van der Waals surface area (Å²) in [5.41, 5.74) is 1.77. The third kappa shape index (κ3) is 2.93. The van der Waals surface area contributed by atoms with E-state index in [4.69, 9.17) is 0 Å². The molecule has 5 nitrogen and oxygen atoms in total. The molecule has 1 aromatic carbocycles. The molecule has 1 saturated heterocycles. The van der Waals surface area contributed by atoms with E-state index in [-0.39, 0.29) is 17.9 Å². The van der Waals surface area contributed by atoms with Crippen LogP contribution in [0.3, 0.4) is 0 Å². The number of amides is 3. The minimum absolute atomic E-state index is 0.0451. The maximum Gasteiger partial charge on any atom is 0.326 e. The van der Waals surface area contributed by atoms with E-state index in [2.05, 4.69) is 31.3 Å². The average molecular weight is 329 g/mol. The molecule has 5 heteroatoms. The predicted molar refractivity (Wildman–Crippen MR) is 93.3 cm³/mol. The number of aryl methyl sites for hydroxylation is 1. The van der Waals surface area contributed by atoms with Gasteiger partial charge < -0.3 is 5.32 Å². The molecule has 0 bridgehead atoms. The molecule has 130 valence electrons. The van der Waals surface area contributed by atoms with Gasteiger partial charge in [0.05, 0.1) is 6.67 Å². The Morgan fingerprint density at radius 2 is 2.04 bits per heavy atom. The second-order valence-corrected chi connectivity index (χ2v) is 7.36. The van der Waals surface area contributed by atoms with Gasteiger partial charge in [0, 0.05) is 6.54 Å². The highest BCUT2D eigenvalue weighted by atomic mass is 16.2. The van der Waals surface area contributed by atoms with Crippen LogP contribution in [0.25, 0.3) is 0 Å². The summed E-state index contributed by atoms with van der Waals surface area (Å²) in [6.45, 7) is 5.20. The molecule has 0 radical (unpaired) electrons. The van der Waals surface area contributed by atoms with E-state index in [9.17, 15) is 9.59 Å². The Morgan fingerprint density at radius 1 is 1.29 bits per heavy atom. The largest absolute Gasteiger partial charge is 0.326 e. The highest BCUT2D eigenvalue weighted by Gasteiger charge is 2.54. The summed E-state index contributed by atoms with van der Waals surface area (Å²) in [6.07, 6.45) is 3.90. The molecule has 1 aliphatic carbocycles. The fraction of sp³-hybridized carbons (Fsp3) is 0.579. The third-order valence-corrected chi connectivity index (χ3v) is 5.59. The van der Waals surface area contributed by atoms with Crippen molar-refractivity contribution in [2.45, 2.75) is 51.6 Å². The van der Waals surface area contributed by atoms with Crippen LogP contribution >= 0.6 is 0 Å². The van der Waals surface area contributed by atoms with Gasteiger partial charge in [-0.1, -0.05) is 44.0 Å². The zero-order valence-corrected chi connectivity index (χ0v) is 14.8. The van der Waals surface area contributed by atoms with Gasteiger partial charge in [0.15, 0.2) is 0 Å². The van der Waals surface area contributed by atoms with Crippen molar-refractivity contribution in [2.24, 2.45) is 5.92 Å². The Hall–Kier alpha value is -1.88. The number of imide groups is 1. The second-order valence-electron chi connectivity index (χ2n) is 7.36. The van der Waals surface area contributed by atoms with Crippen LogP contribution in [0, 0.1) is 12.8 Å². The third-order valence-electron chi connectivity index (χ3n) is 5.59. The van der Waals surface area contributed by atoms with Crippen molar-refractivity contribution >= 4 is 11.9 Å². The van der Waals surface area contributed by atoms with Crippen LogP contribution in [0.2, 0.25) is 0 Å². The van der Waals surface area contributed by atoms with Crippen molar-refractivity contribution in [1.82, 2.24) is 15.1 Å². The van der Waals surface area contributed by atoms with E-state index in [0.717, 1.165) is 25.7 Å². The van der Waals surface area contributed by atoms with Gasteiger partial charge in [0.25, 0.3) is 5.91 Å². The highest BCUT2D eigenvalue weighted by molar-refractivity contribution is 6.07. The molecule has 0 aromatic heterocycles. The maximum atomic E-state index is 13.0. The van der Waals surface area contributed by atoms with Crippen molar-refractivity contribution in [2.75, 3.05) is 13.7 Å². The van der Waals surface area contributed by atoms with Crippen LogP contribution in [-0.2, 0) is 11.3 Å². The van der Waals surface area contributed by atoms with Crippen LogP contribution in [0.15, 0.2) is 24.3 Å². The molecule has 1 N–H and O–H groups in total. The molecule has 3 rings (SSSR count).